The van der Waals surface area contributed by atoms with Crippen LogP contribution in [0.5, 0.6) is 0 Å². The zero-order valence-corrected chi connectivity index (χ0v) is 19.5. The summed E-state index contributed by atoms with van der Waals surface area (Å²) in [6.45, 7) is 6.23. The fraction of sp³-hybridized carbons (Fsp3) is 0.565. The summed E-state index contributed by atoms with van der Waals surface area (Å²) in [6.07, 6.45) is 3.77. The molecule has 1 saturated carbocycles. The number of aromatic nitrogens is 1. The number of hydrogen-bond donors (Lipinski definition) is 1. The number of carbonyl (C=O) groups is 1. The first-order valence-electron chi connectivity index (χ1n) is 11.6. The predicted molar refractivity (Wildman–Crippen MR) is 125 cm³/mol. The molecule has 0 radical (unpaired) electrons. The Bertz CT molecular complexity index is 1260. The molecule has 3 fully saturated rings. The molecule has 3 heterocycles. The number of carbonyl (C=O) groups excluding carboxylic acids is 1. The zero-order valence-electron chi connectivity index (χ0n) is 18.7. The topological polar surface area (TPSA) is 91.7 Å². The van der Waals surface area contributed by atoms with Gasteiger partial charge in [-0.1, -0.05) is 6.92 Å². The van der Waals surface area contributed by atoms with Gasteiger partial charge in [-0.2, -0.15) is 0 Å². The third-order valence-corrected chi connectivity index (χ3v) is 8.78. The molecular weight excluding hydrogens is 447 g/mol. The Labute approximate surface area is 192 Å². The standard InChI is InChI=1S/C23H29FN4O4S/c1-2-26-6-8-27(9-7-26)21-12-20-17(11-19(21)24)22(29)18(13-28(20)16-3-4-16)23(30)25-15-5-10-33(31,32)14-15/h11-13,15-16H,2-10,14H2,1H3,(H,25,30). The number of benzene rings is 1. The lowest BCUT2D eigenvalue weighted by Crippen LogP contribution is -2.46. The molecule has 1 aliphatic carbocycles. The van der Waals surface area contributed by atoms with Gasteiger partial charge >= 0.3 is 0 Å². The molecule has 5 rings (SSSR count). The molecule has 2 aliphatic heterocycles. The van der Waals surface area contributed by atoms with Crippen LogP contribution in [0.2, 0.25) is 0 Å². The van der Waals surface area contributed by atoms with E-state index in [0.29, 0.717) is 30.7 Å². The fourth-order valence-corrected chi connectivity index (χ4v) is 6.57. The molecule has 33 heavy (non-hydrogen) atoms. The summed E-state index contributed by atoms with van der Waals surface area (Å²) in [5.41, 5.74) is 0.529. The second-order valence-corrected chi connectivity index (χ2v) is 11.6. The summed E-state index contributed by atoms with van der Waals surface area (Å²) >= 11 is 0. The smallest absolute Gasteiger partial charge is 0.257 e. The molecule has 2 saturated heterocycles. The van der Waals surface area contributed by atoms with Gasteiger partial charge in [0, 0.05) is 49.8 Å². The molecule has 10 heteroatoms. The summed E-state index contributed by atoms with van der Waals surface area (Å²) in [5, 5.41) is 2.87. The van der Waals surface area contributed by atoms with Crippen molar-refractivity contribution in [3.63, 3.8) is 0 Å². The Morgan fingerprint density at radius 2 is 1.88 bits per heavy atom. The number of rotatable bonds is 5. The minimum absolute atomic E-state index is 0.0302. The second-order valence-electron chi connectivity index (χ2n) is 9.33. The number of pyridine rings is 1. The molecular formula is C23H29FN4O4S. The highest BCUT2D eigenvalue weighted by Crippen LogP contribution is 2.38. The molecule has 3 aliphatic rings. The third kappa shape index (κ3) is 4.38. The van der Waals surface area contributed by atoms with Gasteiger partial charge in [0.2, 0.25) is 5.43 Å². The van der Waals surface area contributed by atoms with E-state index >= 15 is 4.39 Å². The molecule has 1 aromatic heterocycles. The molecule has 1 aromatic carbocycles. The highest BCUT2D eigenvalue weighted by molar-refractivity contribution is 7.91. The van der Waals surface area contributed by atoms with Crippen LogP contribution >= 0.6 is 0 Å². The normalized spacial score (nSPS) is 23.2. The molecule has 1 atom stereocenters. The van der Waals surface area contributed by atoms with Crippen molar-refractivity contribution in [2.24, 2.45) is 0 Å². The molecule has 2 aromatic rings. The van der Waals surface area contributed by atoms with Crippen LogP contribution < -0.4 is 15.6 Å². The lowest BCUT2D eigenvalue weighted by Gasteiger charge is -2.35. The SMILES string of the molecule is CCN1CCN(c2cc3c(cc2F)c(=O)c(C(=O)NC2CCS(=O)(=O)C2)cn3C2CC2)CC1. The number of sulfone groups is 1. The van der Waals surface area contributed by atoms with Crippen molar-refractivity contribution in [1.29, 1.82) is 0 Å². The summed E-state index contributed by atoms with van der Waals surface area (Å²) in [5.74, 6) is -1.15. The van der Waals surface area contributed by atoms with Gasteiger partial charge < -0.3 is 19.7 Å². The monoisotopic (exact) mass is 476 g/mol. The Morgan fingerprint density at radius 3 is 2.48 bits per heavy atom. The lowest BCUT2D eigenvalue weighted by molar-refractivity contribution is 0.0939. The second kappa shape index (κ2) is 8.39. The van der Waals surface area contributed by atoms with Gasteiger partial charge in [0.25, 0.3) is 5.91 Å². The lowest BCUT2D eigenvalue weighted by atomic mass is 10.1. The predicted octanol–water partition coefficient (Wildman–Crippen LogP) is 1.53. The van der Waals surface area contributed by atoms with E-state index in [-0.39, 0.29) is 28.5 Å². The van der Waals surface area contributed by atoms with Crippen LogP contribution in [-0.2, 0) is 9.84 Å². The highest BCUT2D eigenvalue weighted by atomic mass is 32.2. The molecule has 1 amide bonds. The fourth-order valence-electron chi connectivity index (χ4n) is 4.89. The van der Waals surface area contributed by atoms with Crippen molar-refractivity contribution in [2.45, 2.75) is 38.3 Å². The van der Waals surface area contributed by atoms with Crippen molar-refractivity contribution in [3.8, 4) is 0 Å². The maximum atomic E-state index is 15.2. The summed E-state index contributed by atoms with van der Waals surface area (Å²) < 4.78 is 40.5. The molecule has 1 N–H and O–H groups in total. The molecule has 8 nitrogen and oxygen atoms in total. The Morgan fingerprint density at radius 1 is 1.15 bits per heavy atom. The number of nitrogens with one attached hydrogen (secondary N) is 1. The summed E-state index contributed by atoms with van der Waals surface area (Å²) in [7, 11) is -3.16. The number of anilines is 1. The van der Waals surface area contributed by atoms with E-state index in [9.17, 15) is 18.0 Å². The van der Waals surface area contributed by atoms with E-state index in [2.05, 4.69) is 17.1 Å². The van der Waals surface area contributed by atoms with E-state index < -0.39 is 33.0 Å². The molecule has 0 spiro atoms. The zero-order chi connectivity index (χ0) is 23.3. The maximum Gasteiger partial charge on any atom is 0.257 e. The quantitative estimate of drug-likeness (QED) is 0.704. The number of fused-ring (bicyclic) bond motifs is 1. The highest BCUT2D eigenvalue weighted by Gasteiger charge is 2.32. The number of halogens is 1. The first kappa shape index (κ1) is 22.3. The van der Waals surface area contributed by atoms with Gasteiger partial charge in [0.1, 0.15) is 11.4 Å². The van der Waals surface area contributed by atoms with Crippen molar-refractivity contribution in [1.82, 2.24) is 14.8 Å². The van der Waals surface area contributed by atoms with E-state index in [1.165, 1.54) is 6.07 Å². The summed E-state index contributed by atoms with van der Waals surface area (Å²) in [4.78, 5) is 30.4. The largest absolute Gasteiger partial charge is 0.367 e. The van der Waals surface area contributed by atoms with Crippen molar-refractivity contribution in [3.05, 3.63) is 39.9 Å². The van der Waals surface area contributed by atoms with Gasteiger partial charge in [-0.25, -0.2) is 12.8 Å². The number of likely N-dealkylation sites (N-methyl/N-ethyl adjacent to an activating group) is 1. The minimum Gasteiger partial charge on any atom is -0.367 e. The van der Waals surface area contributed by atoms with Crippen LogP contribution in [0.15, 0.2) is 23.1 Å². The summed E-state index contributed by atoms with van der Waals surface area (Å²) in [6, 6.07) is 2.67. The van der Waals surface area contributed by atoms with Crippen molar-refractivity contribution in [2.75, 3.05) is 49.1 Å². The number of piperazine rings is 1. The number of nitrogens with zero attached hydrogens (tertiary/aromatic N) is 3. The van der Waals surface area contributed by atoms with Gasteiger partial charge in [0.15, 0.2) is 9.84 Å². The first-order chi connectivity index (χ1) is 15.8. The van der Waals surface area contributed by atoms with Gasteiger partial charge in [-0.05, 0) is 37.9 Å². The van der Waals surface area contributed by atoms with Crippen LogP contribution in [0, 0.1) is 5.82 Å². The third-order valence-electron chi connectivity index (χ3n) is 7.01. The molecule has 0 bridgehead atoms. The Kier molecular flexibility index (Phi) is 5.68. The Balaban J connectivity index is 1.51. The van der Waals surface area contributed by atoms with Crippen molar-refractivity contribution >= 4 is 32.3 Å². The van der Waals surface area contributed by atoms with Crippen LogP contribution in [0.25, 0.3) is 10.9 Å². The molecule has 178 valence electrons. The first-order valence-corrected chi connectivity index (χ1v) is 13.4. The minimum atomic E-state index is -3.16. The average molecular weight is 477 g/mol. The molecule has 1 unspecified atom stereocenters. The van der Waals surface area contributed by atoms with Crippen LogP contribution in [-0.4, -0.2) is 74.1 Å². The van der Waals surface area contributed by atoms with E-state index in [4.69, 9.17) is 0 Å². The van der Waals surface area contributed by atoms with Gasteiger partial charge in [-0.3, -0.25) is 9.59 Å². The van der Waals surface area contributed by atoms with Crippen molar-refractivity contribution < 1.29 is 17.6 Å². The maximum absolute atomic E-state index is 15.2. The average Bonchev–Trinajstić information content (AvgIpc) is 3.57. The van der Waals surface area contributed by atoms with E-state index in [0.717, 1.165) is 32.5 Å². The number of hydrogen-bond acceptors (Lipinski definition) is 6. The van der Waals surface area contributed by atoms with E-state index in [1.807, 2.05) is 9.47 Å². The van der Waals surface area contributed by atoms with Gasteiger partial charge in [-0.15, -0.1) is 0 Å². The number of amides is 1. The Hall–Kier alpha value is -2.46. The van der Waals surface area contributed by atoms with E-state index in [1.54, 1.807) is 12.3 Å². The van der Waals surface area contributed by atoms with Gasteiger partial charge in [0.05, 0.1) is 22.7 Å². The van der Waals surface area contributed by atoms with Crippen LogP contribution in [0.4, 0.5) is 10.1 Å². The van der Waals surface area contributed by atoms with Crippen LogP contribution in [0.3, 0.4) is 0 Å². The van der Waals surface area contributed by atoms with Crippen LogP contribution in [0.1, 0.15) is 42.6 Å².